The summed E-state index contributed by atoms with van der Waals surface area (Å²) in [5.74, 6) is 0. The number of benzene rings is 1. The van der Waals surface area contributed by atoms with Crippen molar-refractivity contribution in [2.75, 3.05) is 5.43 Å². The van der Waals surface area contributed by atoms with Gasteiger partial charge < -0.3 is 9.47 Å². The van der Waals surface area contributed by atoms with Gasteiger partial charge in [0.1, 0.15) is 0 Å². The molecule has 0 atom stereocenters. The van der Waals surface area contributed by atoms with Crippen LogP contribution in [0.5, 0.6) is 0 Å². The molecule has 86 valence electrons. The largest absolute Gasteiger partial charge is 0.317 e. The molecule has 0 unspecified atom stereocenters. The molecule has 16 heavy (non-hydrogen) atoms. The van der Waals surface area contributed by atoms with Crippen molar-refractivity contribution in [2.24, 2.45) is 5.10 Å². The Morgan fingerprint density at radius 2 is 2.19 bits per heavy atom. The summed E-state index contributed by atoms with van der Waals surface area (Å²) < 4.78 is 10.3. The lowest BCUT2D eigenvalue weighted by atomic mass is 10.3. The highest BCUT2D eigenvalue weighted by Crippen LogP contribution is 2.20. The summed E-state index contributed by atoms with van der Waals surface area (Å²) in [7, 11) is 0. The average Bonchev–Trinajstić information content (AvgIpc) is 2.22. The van der Waals surface area contributed by atoms with Gasteiger partial charge >= 0.3 is 0 Å². The molecule has 1 aromatic rings. The quantitative estimate of drug-likeness (QED) is 0.671. The topological polar surface area (TPSA) is 42.8 Å². The highest BCUT2D eigenvalue weighted by atomic mass is 35.5. The number of nitrogens with zero attached hydrogens (tertiary/aromatic N) is 1. The van der Waals surface area contributed by atoms with E-state index in [1.165, 1.54) is 0 Å². The first kappa shape index (κ1) is 11.7. The van der Waals surface area contributed by atoms with Crippen molar-refractivity contribution in [3.8, 4) is 0 Å². The third-order valence-corrected chi connectivity index (χ3v) is 2.44. The van der Waals surface area contributed by atoms with Gasteiger partial charge in [0.2, 0.25) is 6.29 Å². The van der Waals surface area contributed by atoms with Crippen molar-refractivity contribution in [3.05, 3.63) is 29.3 Å². The molecule has 4 nitrogen and oxygen atoms in total. The van der Waals surface area contributed by atoms with Crippen LogP contribution in [0.3, 0.4) is 0 Å². The maximum atomic E-state index is 5.84. The molecular weight excluding hydrogens is 251 g/mol. The van der Waals surface area contributed by atoms with Crippen LogP contribution in [0.1, 0.15) is 6.92 Å². The first-order chi connectivity index (χ1) is 7.65. The van der Waals surface area contributed by atoms with Crippen LogP contribution in [-0.4, -0.2) is 17.8 Å². The highest BCUT2D eigenvalue weighted by Gasteiger charge is 2.30. The maximum Gasteiger partial charge on any atom is 0.219 e. The van der Waals surface area contributed by atoms with E-state index in [0.29, 0.717) is 5.02 Å². The minimum absolute atomic E-state index is 0.220. The molecule has 1 aliphatic heterocycles. The normalized spacial score (nSPS) is 25.1. The van der Waals surface area contributed by atoms with Crippen molar-refractivity contribution in [1.29, 1.82) is 0 Å². The second-order valence-electron chi connectivity index (χ2n) is 3.23. The Kier molecular flexibility index (Phi) is 3.66. The lowest BCUT2D eigenvalue weighted by Gasteiger charge is -2.32. The fraction of sp³-hybridized carbons (Fsp3) is 0.300. The van der Waals surface area contributed by atoms with Gasteiger partial charge in [-0.25, -0.2) is 0 Å². The number of hydrogen-bond acceptors (Lipinski definition) is 4. The van der Waals surface area contributed by atoms with Crippen molar-refractivity contribution in [2.45, 2.75) is 19.5 Å². The van der Waals surface area contributed by atoms with Gasteiger partial charge in [0.05, 0.1) is 5.69 Å². The van der Waals surface area contributed by atoms with E-state index >= 15 is 0 Å². The summed E-state index contributed by atoms with van der Waals surface area (Å²) in [4.78, 5) is 0. The first-order valence-electron chi connectivity index (χ1n) is 4.71. The Balaban J connectivity index is 1.93. The minimum atomic E-state index is -0.566. The van der Waals surface area contributed by atoms with Crippen LogP contribution >= 0.6 is 23.2 Å². The third kappa shape index (κ3) is 2.86. The van der Waals surface area contributed by atoms with Gasteiger partial charge in [-0.15, -0.1) is 0 Å². The average molecular weight is 261 g/mol. The number of ether oxygens (including phenoxy) is 2. The number of hydrogen-bond donors (Lipinski definition) is 1. The van der Waals surface area contributed by atoms with Crippen molar-refractivity contribution in [3.63, 3.8) is 0 Å². The molecule has 0 bridgehead atoms. The van der Waals surface area contributed by atoms with Crippen LogP contribution in [-0.2, 0) is 9.47 Å². The van der Waals surface area contributed by atoms with Gasteiger partial charge in [0.25, 0.3) is 0 Å². The zero-order valence-electron chi connectivity index (χ0n) is 8.48. The zero-order valence-corrected chi connectivity index (χ0v) is 10.00. The van der Waals surface area contributed by atoms with E-state index in [4.69, 9.17) is 32.7 Å². The van der Waals surface area contributed by atoms with Gasteiger partial charge in [0.15, 0.2) is 11.5 Å². The fourth-order valence-corrected chi connectivity index (χ4v) is 1.53. The van der Waals surface area contributed by atoms with Gasteiger partial charge in [-0.3, -0.25) is 5.43 Å². The van der Waals surface area contributed by atoms with Gasteiger partial charge in [0, 0.05) is 5.02 Å². The van der Waals surface area contributed by atoms with E-state index in [1.807, 2.05) is 12.1 Å². The molecule has 0 radical (unpaired) electrons. The van der Waals surface area contributed by atoms with Crippen LogP contribution in [0.2, 0.25) is 5.02 Å². The number of rotatable bonds is 3. The van der Waals surface area contributed by atoms with Crippen LogP contribution in [0, 0.1) is 0 Å². The van der Waals surface area contributed by atoms with Crippen LogP contribution < -0.4 is 5.43 Å². The molecule has 1 N–H and O–H groups in total. The highest BCUT2D eigenvalue weighted by molar-refractivity contribution is 6.66. The molecule has 1 aliphatic rings. The van der Waals surface area contributed by atoms with Crippen molar-refractivity contribution < 1.29 is 9.47 Å². The SMILES string of the molecule is CC1OC(/C(Cl)=N/Nc2cccc(Cl)c2)O1. The second-order valence-corrected chi connectivity index (χ2v) is 4.05. The Bertz CT molecular complexity index is 406. The van der Waals surface area contributed by atoms with Gasteiger partial charge in [-0.2, -0.15) is 5.10 Å². The Hall–Kier alpha value is -0.810. The zero-order chi connectivity index (χ0) is 11.5. The summed E-state index contributed by atoms with van der Waals surface area (Å²) in [6.45, 7) is 1.78. The maximum absolute atomic E-state index is 5.84. The molecule has 0 aromatic heterocycles. The lowest BCUT2D eigenvalue weighted by Crippen LogP contribution is -2.42. The monoisotopic (exact) mass is 260 g/mol. The van der Waals surface area contributed by atoms with E-state index in [9.17, 15) is 0 Å². The van der Waals surface area contributed by atoms with Crippen LogP contribution in [0.15, 0.2) is 29.4 Å². The molecule has 0 amide bonds. The first-order valence-corrected chi connectivity index (χ1v) is 5.46. The van der Waals surface area contributed by atoms with E-state index in [0.717, 1.165) is 5.69 Å². The van der Waals surface area contributed by atoms with E-state index in [-0.39, 0.29) is 11.5 Å². The predicted molar refractivity (Wildman–Crippen MR) is 63.8 cm³/mol. The molecule has 0 spiro atoms. The minimum Gasteiger partial charge on any atom is -0.317 e. The fourth-order valence-electron chi connectivity index (χ4n) is 1.20. The van der Waals surface area contributed by atoms with E-state index in [1.54, 1.807) is 19.1 Å². The molecule has 1 aromatic carbocycles. The number of anilines is 1. The Morgan fingerprint density at radius 3 is 2.81 bits per heavy atom. The second kappa shape index (κ2) is 5.01. The lowest BCUT2D eigenvalue weighted by molar-refractivity contribution is -0.343. The molecule has 0 saturated carbocycles. The Labute approximate surface area is 103 Å². The predicted octanol–water partition coefficient (Wildman–Crippen LogP) is 3.02. The molecule has 0 aliphatic carbocycles. The van der Waals surface area contributed by atoms with Crippen LogP contribution in [0.4, 0.5) is 5.69 Å². The molecule has 1 fully saturated rings. The third-order valence-electron chi connectivity index (χ3n) is 1.94. The molecule has 1 saturated heterocycles. The van der Waals surface area contributed by atoms with Crippen molar-refractivity contribution in [1.82, 2.24) is 0 Å². The van der Waals surface area contributed by atoms with Crippen molar-refractivity contribution >= 4 is 34.1 Å². The summed E-state index contributed by atoms with van der Waals surface area (Å²) in [5.41, 5.74) is 3.51. The van der Waals surface area contributed by atoms with Gasteiger partial charge in [-0.1, -0.05) is 29.3 Å². The summed E-state index contributed by atoms with van der Waals surface area (Å²) in [6, 6.07) is 7.15. The number of halogens is 2. The summed E-state index contributed by atoms with van der Waals surface area (Å²) in [6.07, 6.45) is -0.788. The van der Waals surface area contributed by atoms with Crippen LogP contribution in [0.25, 0.3) is 0 Å². The summed E-state index contributed by atoms with van der Waals surface area (Å²) >= 11 is 11.7. The molecule has 2 rings (SSSR count). The Morgan fingerprint density at radius 1 is 1.44 bits per heavy atom. The summed E-state index contributed by atoms with van der Waals surface area (Å²) in [5, 5.41) is 4.76. The smallest absolute Gasteiger partial charge is 0.219 e. The van der Waals surface area contributed by atoms with E-state index < -0.39 is 6.29 Å². The number of hydrazone groups is 1. The molecule has 1 heterocycles. The molecule has 6 heteroatoms. The molecular formula is C10H10Cl2N2O2. The standard InChI is InChI=1S/C10H10Cl2N2O2/c1-6-15-10(16-6)9(12)14-13-8-4-2-3-7(11)5-8/h2-6,10,13H,1H3/b14-9-. The van der Waals surface area contributed by atoms with E-state index in [2.05, 4.69) is 10.5 Å². The number of nitrogens with one attached hydrogen (secondary N) is 1. The van der Waals surface area contributed by atoms with Gasteiger partial charge in [-0.05, 0) is 25.1 Å².